The summed E-state index contributed by atoms with van der Waals surface area (Å²) in [5.41, 5.74) is 15.0. The van der Waals surface area contributed by atoms with Crippen LogP contribution in [-0.4, -0.2) is 0 Å². The van der Waals surface area contributed by atoms with E-state index >= 15 is 0 Å². The van der Waals surface area contributed by atoms with E-state index in [2.05, 4.69) is 0 Å². The Morgan fingerprint density at radius 2 is 1.46 bits per heavy atom. The first-order valence-electron chi connectivity index (χ1n) is 7.72. The number of nitrogens with two attached hydrogens (primary N) is 2. The van der Waals surface area contributed by atoms with Gasteiger partial charge in [0.25, 0.3) is 0 Å². The molecule has 0 radical (unpaired) electrons. The van der Waals surface area contributed by atoms with Crippen molar-refractivity contribution in [3.05, 3.63) is 77.9 Å². The van der Waals surface area contributed by atoms with Gasteiger partial charge in [-0.1, -0.05) is 30.3 Å². The topological polar surface area (TPSA) is 70.5 Å². The van der Waals surface area contributed by atoms with Crippen LogP contribution in [0.1, 0.15) is 11.1 Å². The number of benzene rings is 3. The van der Waals surface area contributed by atoms with Gasteiger partial charge in [-0.15, -0.1) is 0 Å². The quantitative estimate of drug-likeness (QED) is 0.678. The molecule has 0 aliphatic carbocycles. The summed E-state index contributed by atoms with van der Waals surface area (Å²) in [6.07, 6.45) is 0. The molecule has 0 saturated carbocycles. The zero-order chi connectivity index (χ0) is 16.9. The van der Waals surface area contributed by atoms with Crippen molar-refractivity contribution in [3.8, 4) is 17.2 Å². The highest BCUT2D eigenvalue weighted by atomic mass is 16.5. The summed E-state index contributed by atoms with van der Waals surface area (Å²) in [5.74, 6) is 2.07. The molecule has 3 rings (SSSR count). The van der Waals surface area contributed by atoms with E-state index in [1.54, 1.807) is 6.07 Å². The summed E-state index contributed by atoms with van der Waals surface area (Å²) < 4.78 is 11.6. The Labute approximate surface area is 141 Å². The second kappa shape index (κ2) is 6.96. The van der Waals surface area contributed by atoms with E-state index in [1.165, 1.54) is 0 Å². The van der Waals surface area contributed by atoms with Crippen LogP contribution in [0.25, 0.3) is 0 Å². The average molecular weight is 320 g/mol. The third kappa shape index (κ3) is 3.79. The first-order valence-corrected chi connectivity index (χ1v) is 7.72. The Bertz CT molecular complexity index is 815. The Morgan fingerprint density at radius 3 is 2.17 bits per heavy atom. The third-order valence-corrected chi connectivity index (χ3v) is 3.70. The molecule has 0 amide bonds. The summed E-state index contributed by atoms with van der Waals surface area (Å²) in [6.45, 7) is 2.45. The molecule has 3 aromatic carbocycles. The number of nitrogen functional groups attached to an aromatic ring is 2. The lowest BCUT2D eigenvalue weighted by Gasteiger charge is -2.12. The lowest BCUT2D eigenvalue weighted by molar-refractivity contribution is 0.306. The smallest absolute Gasteiger partial charge is 0.150 e. The monoisotopic (exact) mass is 320 g/mol. The summed E-state index contributed by atoms with van der Waals surface area (Å²) in [6, 6.07) is 21.0. The first kappa shape index (κ1) is 15.7. The Kier molecular flexibility index (Phi) is 4.57. The van der Waals surface area contributed by atoms with Crippen molar-refractivity contribution in [2.45, 2.75) is 13.5 Å². The van der Waals surface area contributed by atoms with Crippen molar-refractivity contribution in [1.29, 1.82) is 0 Å². The van der Waals surface area contributed by atoms with E-state index in [0.717, 1.165) is 16.9 Å². The van der Waals surface area contributed by atoms with Gasteiger partial charge in [0.1, 0.15) is 18.1 Å². The molecule has 0 atom stereocenters. The molecule has 0 bridgehead atoms. The van der Waals surface area contributed by atoms with Gasteiger partial charge in [0, 0.05) is 5.69 Å². The second-order valence-corrected chi connectivity index (χ2v) is 5.59. The second-order valence-electron chi connectivity index (χ2n) is 5.59. The number of hydrogen-bond donors (Lipinski definition) is 2. The van der Waals surface area contributed by atoms with Crippen LogP contribution in [0.3, 0.4) is 0 Å². The summed E-state index contributed by atoms with van der Waals surface area (Å²) >= 11 is 0. The Hall–Kier alpha value is -3.14. The average Bonchev–Trinajstić information content (AvgIpc) is 2.60. The van der Waals surface area contributed by atoms with Crippen molar-refractivity contribution in [2.75, 3.05) is 11.5 Å². The minimum atomic E-state index is 0.516. The van der Waals surface area contributed by atoms with Crippen LogP contribution in [0.5, 0.6) is 17.2 Å². The molecule has 4 N–H and O–H groups in total. The molecule has 0 saturated heterocycles. The minimum absolute atomic E-state index is 0.516. The molecule has 4 nitrogen and oxygen atoms in total. The van der Waals surface area contributed by atoms with E-state index in [-0.39, 0.29) is 0 Å². The van der Waals surface area contributed by atoms with Gasteiger partial charge in [-0.2, -0.15) is 0 Å². The van der Waals surface area contributed by atoms with E-state index < -0.39 is 0 Å². The molecule has 3 aromatic rings. The van der Waals surface area contributed by atoms with Gasteiger partial charge in [-0.3, -0.25) is 0 Å². The maximum absolute atomic E-state index is 5.95. The molecular weight excluding hydrogens is 300 g/mol. The molecule has 0 unspecified atom stereocenters. The number of hydrogen-bond acceptors (Lipinski definition) is 4. The molecule has 0 heterocycles. The summed E-state index contributed by atoms with van der Waals surface area (Å²) in [7, 11) is 0. The van der Waals surface area contributed by atoms with Crippen LogP contribution in [0.2, 0.25) is 0 Å². The lowest BCUT2D eigenvalue weighted by Crippen LogP contribution is -1.97. The number of rotatable bonds is 5. The predicted molar refractivity (Wildman–Crippen MR) is 97.3 cm³/mol. The summed E-state index contributed by atoms with van der Waals surface area (Å²) in [5, 5.41) is 0. The van der Waals surface area contributed by atoms with Crippen molar-refractivity contribution in [1.82, 2.24) is 0 Å². The molecule has 122 valence electrons. The SMILES string of the molecule is Cc1cc(Oc2ccc(OCc3ccccc3)cc2)c(N)cc1N. The largest absolute Gasteiger partial charge is 0.489 e. The molecule has 0 aromatic heterocycles. The number of aryl methyl sites for hydroxylation is 1. The highest BCUT2D eigenvalue weighted by Gasteiger charge is 2.06. The molecule has 0 aliphatic heterocycles. The fourth-order valence-electron chi connectivity index (χ4n) is 2.28. The van der Waals surface area contributed by atoms with Crippen LogP contribution in [-0.2, 0) is 6.61 Å². The van der Waals surface area contributed by atoms with Gasteiger partial charge < -0.3 is 20.9 Å². The van der Waals surface area contributed by atoms with Crippen LogP contribution in [0.4, 0.5) is 11.4 Å². The van der Waals surface area contributed by atoms with Crippen molar-refractivity contribution >= 4 is 11.4 Å². The van der Waals surface area contributed by atoms with Crippen molar-refractivity contribution in [3.63, 3.8) is 0 Å². The van der Waals surface area contributed by atoms with Gasteiger partial charge in [-0.25, -0.2) is 0 Å². The first-order chi connectivity index (χ1) is 11.6. The van der Waals surface area contributed by atoms with E-state index in [9.17, 15) is 0 Å². The molecule has 0 aliphatic rings. The van der Waals surface area contributed by atoms with Gasteiger partial charge in [-0.05, 0) is 54.4 Å². The van der Waals surface area contributed by atoms with Crippen LogP contribution in [0, 0.1) is 6.92 Å². The van der Waals surface area contributed by atoms with Crippen LogP contribution < -0.4 is 20.9 Å². The molecular formula is C20H20N2O2. The zero-order valence-electron chi connectivity index (χ0n) is 13.5. The summed E-state index contributed by atoms with van der Waals surface area (Å²) in [4.78, 5) is 0. The molecule has 0 fully saturated rings. The van der Waals surface area contributed by atoms with E-state index in [0.29, 0.717) is 29.5 Å². The fraction of sp³-hybridized carbons (Fsp3) is 0.100. The standard InChI is InChI=1S/C20H20N2O2/c1-14-11-20(19(22)12-18(14)21)24-17-9-7-16(8-10-17)23-13-15-5-3-2-4-6-15/h2-12H,13,21-22H2,1H3. The molecule has 24 heavy (non-hydrogen) atoms. The van der Waals surface area contributed by atoms with E-state index in [1.807, 2.05) is 67.6 Å². The van der Waals surface area contributed by atoms with Crippen LogP contribution >= 0.6 is 0 Å². The maximum Gasteiger partial charge on any atom is 0.150 e. The van der Waals surface area contributed by atoms with Gasteiger partial charge in [0.05, 0.1) is 5.69 Å². The van der Waals surface area contributed by atoms with Gasteiger partial charge in [0.15, 0.2) is 5.75 Å². The Balaban J connectivity index is 1.65. The molecule has 4 heteroatoms. The third-order valence-electron chi connectivity index (χ3n) is 3.70. The zero-order valence-corrected chi connectivity index (χ0v) is 13.5. The van der Waals surface area contributed by atoms with E-state index in [4.69, 9.17) is 20.9 Å². The van der Waals surface area contributed by atoms with Gasteiger partial charge in [0.2, 0.25) is 0 Å². The van der Waals surface area contributed by atoms with Crippen LogP contribution in [0.15, 0.2) is 66.7 Å². The maximum atomic E-state index is 5.95. The highest BCUT2D eigenvalue weighted by Crippen LogP contribution is 2.32. The van der Waals surface area contributed by atoms with Crippen molar-refractivity contribution in [2.24, 2.45) is 0 Å². The normalized spacial score (nSPS) is 10.4. The minimum Gasteiger partial charge on any atom is -0.489 e. The number of ether oxygens (including phenoxy) is 2. The predicted octanol–water partition coefficient (Wildman–Crippen LogP) is 4.53. The highest BCUT2D eigenvalue weighted by molar-refractivity contribution is 5.65. The fourth-order valence-corrected chi connectivity index (χ4v) is 2.28. The van der Waals surface area contributed by atoms with Gasteiger partial charge >= 0.3 is 0 Å². The van der Waals surface area contributed by atoms with Crippen molar-refractivity contribution < 1.29 is 9.47 Å². The molecule has 0 spiro atoms. The Morgan fingerprint density at radius 1 is 0.792 bits per heavy atom. The lowest BCUT2D eigenvalue weighted by atomic mass is 10.1. The number of anilines is 2.